The molecule has 6 nitrogen and oxygen atoms in total. The van der Waals surface area contributed by atoms with Gasteiger partial charge in [0.05, 0.1) is 31.8 Å². The number of hydrogen-bond acceptors (Lipinski definition) is 5. The highest BCUT2D eigenvalue weighted by atomic mass is 16.5. The van der Waals surface area contributed by atoms with Gasteiger partial charge in [-0.1, -0.05) is 18.2 Å². The van der Waals surface area contributed by atoms with E-state index in [9.17, 15) is 0 Å². The van der Waals surface area contributed by atoms with Crippen molar-refractivity contribution < 1.29 is 9.47 Å². The van der Waals surface area contributed by atoms with Gasteiger partial charge in [-0.25, -0.2) is 0 Å². The van der Waals surface area contributed by atoms with Gasteiger partial charge in [0, 0.05) is 23.9 Å². The molecule has 2 N–H and O–H groups in total. The van der Waals surface area contributed by atoms with Gasteiger partial charge in [-0.15, -0.1) is 0 Å². The van der Waals surface area contributed by atoms with Crippen LogP contribution in [0.25, 0.3) is 22.0 Å². The number of fused-ring (bicyclic) bond motifs is 1. The van der Waals surface area contributed by atoms with Crippen molar-refractivity contribution in [3.8, 4) is 22.8 Å². The highest BCUT2D eigenvalue weighted by molar-refractivity contribution is 5.88. The smallest absolute Gasteiger partial charge is 0.137 e. The number of ether oxygens (including phenoxy) is 2. The summed E-state index contributed by atoms with van der Waals surface area (Å²) < 4.78 is 11.0. The minimum Gasteiger partial charge on any atom is -0.497 e. The van der Waals surface area contributed by atoms with Crippen molar-refractivity contribution in [2.24, 2.45) is 0 Å². The van der Waals surface area contributed by atoms with E-state index in [0.29, 0.717) is 6.61 Å². The van der Waals surface area contributed by atoms with Crippen LogP contribution in [0.15, 0.2) is 67.1 Å². The third kappa shape index (κ3) is 4.73. The second-order valence-electron chi connectivity index (χ2n) is 6.77. The molecule has 29 heavy (non-hydrogen) atoms. The summed E-state index contributed by atoms with van der Waals surface area (Å²) in [5.74, 6) is 1.67. The predicted molar refractivity (Wildman–Crippen MR) is 114 cm³/mol. The van der Waals surface area contributed by atoms with Gasteiger partial charge in [-0.05, 0) is 54.1 Å². The summed E-state index contributed by atoms with van der Waals surface area (Å²) >= 11 is 0. The first kappa shape index (κ1) is 19.0. The molecular weight excluding hydrogens is 364 g/mol. The van der Waals surface area contributed by atoms with Crippen molar-refractivity contribution >= 4 is 10.8 Å². The first-order chi connectivity index (χ1) is 14.3. The molecule has 4 aromatic rings. The van der Waals surface area contributed by atoms with E-state index in [-0.39, 0.29) is 0 Å². The molecule has 0 bridgehead atoms. The number of rotatable bonds is 9. The maximum atomic E-state index is 5.66. The molecule has 0 atom stereocenters. The van der Waals surface area contributed by atoms with E-state index in [2.05, 4.69) is 44.8 Å². The Morgan fingerprint density at radius 1 is 1.00 bits per heavy atom. The van der Waals surface area contributed by atoms with Crippen LogP contribution in [0.3, 0.4) is 0 Å². The molecule has 0 aliphatic carbocycles. The quantitative estimate of drug-likeness (QED) is 0.421. The van der Waals surface area contributed by atoms with Crippen molar-refractivity contribution in [3.63, 3.8) is 0 Å². The second kappa shape index (κ2) is 9.21. The lowest BCUT2D eigenvalue weighted by Crippen LogP contribution is -2.17. The summed E-state index contributed by atoms with van der Waals surface area (Å²) in [6.07, 6.45) is 6.26. The standard InChI is InChI=1S/C23H24N4O2/c1-28-21-8-7-17-12-19(6-5-18(17)13-21)23-20(15-26-27-23)14-24-10-3-11-29-22-4-2-9-25-16-22/h2,4-9,12-13,15-16,24H,3,10-11,14H2,1H3,(H,26,27). The highest BCUT2D eigenvalue weighted by Crippen LogP contribution is 2.27. The molecule has 2 aromatic carbocycles. The van der Waals surface area contributed by atoms with Crippen LogP contribution in [0, 0.1) is 0 Å². The largest absolute Gasteiger partial charge is 0.497 e. The summed E-state index contributed by atoms with van der Waals surface area (Å²) in [6, 6.07) is 16.3. The molecule has 0 radical (unpaired) electrons. The van der Waals surface area contributed by atoms with E-state index in [4.69, 9.17) is 9.47 Å². The Bertz CT molecular complexity index is 1060. The topological polar surface area (TPSA) is 72.1 Å². The summed E-state index contributed by atoms with van der Waals surface area (Å²) in [5, 5.41) is 13.2. The van der Waals surface area contributed by atoms with Crippen molar-refractivity contribution in [2.75, 3.05) is 20.3 Å². The van der Waals surface area contributed by atoms with Crippen molar-refractivity contribution in [1.82, 2.24) is 20.5 Å². The van der Waals surface area contributed by atoms with Crippen LogP contribution in [0.2, 0.25) is 0 Å². The van der Waals surface area contributed by atoms with E-state index in [0.717, 1.165) is 53.2 Å². The Morgan fingerprint density at radius 3 is 2.76 bits per heavy atom. The number of nitrogens with one attached hydrogen (secondary N) is 2. The lowest BCUT2D eigenvalue weighted by molar-refractivity contribution is 0.307. The van der Waals surface area contributed by atoms with Crippen LogP contribution in [0.4, 0.5) is 0 Å². The van der Waals surface area contributed by atoms with Crippen LogP contribution in [0.1, 0.15) is 12.0 Å². The fourth-order valence-electron chi connectivity index (χ4n) is 3.24. The van der Waals surface area contributed by atoms with Crippen LogP contribution < -0.4 is 14.8 Å². The molecule has 0 aliphatic heterocycles. The van der Waals surface area contributed by atoms with Gasteiger partial charge >= 0.3 is 0 Å². The molecule has 2 aromatic heterocycles. The number of aromatic amines is 1. The Labute approximate surface area is 169 Å². The zero-order chi connectivity index (χ0) is 19.9. The first-order valence-electron chi connectivity index (χ1n) is 9.67. The van der Waals surface area contributed by atoms with Crippen molar-refractivity contribution in [3.05, 3.63) is 72.7 Å². The fraction of sp³-hybridized carbons (Fsp3) is 0.217. The van der Waals surface area contributed by atoms with Crippen molar-refractivity contribution in [1.29, 1.82) is 0 Å². The zero-order valence-electron chi connectivity index (χ0n) is 16.4. The van der Waals surface area contributed by atoms with Crippen molar-refractivity contribution in [2.45, 2.75) is 13.0 Å². The normalized spacial score (nSPS) is 10.9. The average Bonchev–Trinajstić information content (AvgIpc) is 3.24. The molecule has 0 amide bonds. The summed E-state index contributed by atoms with van der Waals surface area (Å²) in [7, 11) is 1.68. The van der Waals surface area contributed by atoms with Crippen LogP contribution in [-0.4, -0.2) is 35.4 Å². The van der Waals surface area contributed by atoms with E-state index in [1.165, 1.54) is 5.39 Å². The van der Waals surface area contributed by atoms with Gasteiger partial charge in [0.25, 0.3) is 0 Å². The number of aromatic nitrogens is 3. The molecule has 2 heterocycles. The summed E-state index contributed by atoms with van der Waals surface area (Å²) in [5.41, 5.74) is 3.31. The number of H-pyrrole nitrogens is 1. The number of nitrogens with zero attached hydrogens (tertiary/aromatic N) is 2. The molecule has 4 rings (SSSR count). The third-order valence-corrected chi connectivity index (χ3v) is 4.77. The highest BCUT2D eigenvalue weighted by Gasteiger charge is 2.08. The van der Waals surface area contributed by atoms with E-state index >= 15 is 0 Å². The molecule has 0 unspecified atom stereocenters. The Kier molecular flexibility index (Phi) is 6.02. The van der Waals surface area contributed by atoms with Gasteiger partial charge in [-0.3, -0.25) is 10.1 Å². The molecular formula is C23H24N4O2. The first-order valence-corrected chi connectivity index (χ1v) is 9.67. The van der Waals surface area contributed by atoms with E-state index in [1.807, 2.05) is 30.5 Å². The maximum absolute atomic E-state index is 5.66. The predicted octanol–water partition coefficient (Wildman–Crippen LogP) is 4.19. The molecule has 0 saturated carbocycles. The van der Waals surface area contributed by atoms with E-state index < -0.39 is 0 Å². The Morgan fingerprint density at radius 2 is 1.90 bits per heavy atom. The number of methoxy groups -OCH3 is 1. The molecule has 0 spiro atoms. The fourth-order valence-corrected chi connectivity index (χ4v) is 3.24. The van der Waals surface area contributed by atoms with Crippen LogP contribution in [-0.2, 0) is 6.54 Å². The lowest BCUT2D eigenvalue weighted by atomic mass is 10.0. The summed E-state index contributed by atoms with van der Waals surface area (Å²) in [6.45, 7) is 2.27. The summed E-state index contributed by atoms with van der Waals surface area (Å²) in [4.78, 5) is 4.04. The minimum atomic E-state index is 0.658. The third-order valence-electron chi connectivity index (χ3n) is 4.77. The average molecular weight is 388 g/mol. The van der Waals surface area contributed by atoms with Gasteiger partial charge < -0.3 is 14.8 Å². The van der Waals surface area contributed by atoms with Gasteiger partial charge in [0.15, 0.2) is 0 Å². The Balaban J connectivity index is 1.33. The molecule has 0 aliphatic rings. The van der Waals surface area contributed by atoms with Crippen LogP contribution >= 0.6 is 0 Å². The molecule has 148 valence electrons. The van der Waals surface area contributed by atoms with Gasteiger partial charge in [0.2, 0.25) is 0 Å². The van der Waals surface area contributed by atoms with Gasteiger partial charge in [-0.2, -0.15) is 5.10 Å². The maximum Gasteiger partial charge on any atom is 0.137 e. The Hall–Kier alpha value is -3.38. The van der Waals surface area contributed by atoms with Gasteiger partial charge in [0.1, 0.15) is 11.5 Å². The minimum absolute atomic E-state index is 0.658. The number of pyridine rings is 1. The lowest BCUT2D eigenvalue weighted by Gasteiger charge is -2.08. The molecule has 0 fully saturated rings. The van der Waals surface area contributed by atoms with Crippen LogP contribution in [0.5, 0.6) is 11.5 Å². The molecule has 6 heteroatoms. The monoisotopic (exact) mass is 388 g/mol. The second-order valence-corrected chi connectivity index (χ2v) is 6.77. The number of benzene rings is 2. The SMILES string of the molecule is COc1ccc2cc(-c3[nH]ncc3CNCCCOc3cccnc3)ccc2c1. The zero-order valence-corrected chi connectivity index (χ0v) is 16.4. The molecule has 0 saturated heterocycles. The number of hydrogen-bond donors (Lipinski definition) is 2. The van der Waals surface area contributed by atoms with E-state index in [1.54, 1.807) is 19.5 Å².